The molecule has 19 heavy (non-hydrogen) atoms. The second kappa shape index (κ2) is 5.47. The maximum atomic E-state index is 10.7. The van der Waals surface area contributed by atoms with Gasteiger partial charge in [0.1, 0.15) is 5.82 Å². The topological polar surface area (TPSA) is 101 Å². The summed E-state index contributed by atoms with van der Waals surface area (Å²) in [7, 11) is 0. The van der Waals surface area contributed by atoms with Gasteiger partial charge in [-0.3, -0.25) is 14.9 Å². The van der Waals surface area contributed by atoms with Crippen LogP contribution < -0.4 is 5.32 Å². The minimum atomic E-state index is -0.434. The van der Waals surface area contributed by atoms with Gasteiger partial charge in [-0.25, -0.2) is 4.98 Å². The van der Waals surface area contributed by atoms with Crippen LogP contribution in [0.2, 0.25) is 0 Å². The van der Waals surface area contributed by atoms with Crippen molar-refractivity contribution < 1.29 is 9.72 Å². The molecule has 0 aliphatic heterocycles. The molecule has 2 aromatic rings. The molecule has 0 radical (unpaired) electrons. The van der Waals surface area contributed by atoms with Gasteiger partial charge in [-0.05, 0) is 12.5 Å². The number of non-ortho nitro benzene ring substituents is 1. The number of nitrogens with zero attached hydrogens (tertiary/aromatic N) is 2. The van der Waals surface area contributed by atoms with E-state index in [1.165, 1.54) is 19.1 Å². The van der Waals surface area contributed by atoms with E-state index in [1.54, 1.807) is 6.07 Å². The van der Waals surface area contributed by atoms with Crippen LogP contribution in [0.3, 0.4) is 0 Å². The van der Waals surface area contributed by atoms with Crippen molar-refractivity contribution in [1.82, 2.24) is 15.3 Å². The summed E-state index contributed by atoms with van der Waals surface area (Å²) in [5.74, 6) is 0.709. The van der Waals surface area contributed by atoms with Gasteiger partial charge in [0.2, 0.25) is 5.91 Å². The van der Waals surface area contributed by atoms with Gasteiger partial charge in [0, 0.05) is 32.0 Å². The van der Waals surface area contributed by atoms with E-state index in [4.69, 9.17) is 0 Å². The molecule has 0 fully saturated rings. The van der Waals surface area contributed by atoms with Gasteiger partial charge < -0.3 is 10.3 Å². The third-order valence-electron chi connectivity index (χ3n) is 2.69. The zero-order valence-electron chi connectivity index (χ0n) is 10.5. The van der Waals surface area contributed by atoms with Crippen LogP contribution in [-0.2, 0) is 11.2 Å². The number of carbonyl (C=O) groups is 1. The number of carbonyl (C=O) groups excluding carboxylic acids is 1. The van der Waals surface area contributed by atoms with Crippen molar-refractivity contribution in [2.45, 2.75) is 19.8 Å². The van der Waals surface area contributed by atoms with Crippen molar-refractivity contribution >= 4 is 22.6 Å². The summed E-state index contributed by atoms with van der Waals surface area (Å²) < 4.78 is 0. The Morgan fingerprint density at radius 2 is 2.32 bits per heavy atom. The summed E-state index contributed by atoms with van der Waals surface area (Å²) in [6.45, 7) is 2.06. The maximum Gasteiger partial charge on any atom is 0.271 e. The molecule has 1 aromatic heterocycles. The first-order chi connectivity index (χ1) is 9.06. The van der Waals surface area contributed by atoms with Crippen LogP contribution in [0.15, 0.2) is 18.2 Å². The van der Waals surface area contributed by atoms with Crippen LogP contribution in [0, 0.1) is 10.1 Å². The number of aromatic amines is 1. The lowest BCUT2D eigenvalue weighted by atomic mass is 10.3. The molecule has 1 aromatic carbocycles. The number of hydrogen-bond donors (Lipinski definition) is 2. The van der Waals surface area contributed by atoms with Crippen molar-refractivity contribution in [2.75, 3.05) is 6.54 Å². The fourth-order valence-electron chi connectivity index (χ4n) is 1.80. The predicted molar refractivity (Wildman–Crippen MR) is 69.8 cm³/mol. The summed E-state index contributed by atoms with van der Waals surface area (Å²) >= 11 is 0. The maximum absolute atomic E-state index is 10.7. The van der Waals surface area contributed by atoms with Crippen molar-refractivity contribution in [3.05, 3.63) is 34.1 Å². The molecule has 0 atom stereocenters. The number of H-pyrrole nitrogens is 1. The van der Waals surface area contributed by atoms with E-state index in [9.17, 15) is 14.9 Å². The molecular weight excluding hydrogens is 248 g/mol. The van der Waals surface area contributed by atoms with E-state index < -0.39 is 4.92 Å². The Morgan fingerprint density at radius 3 is 3.00 bits per heavy atom. The normalized spacial score (nSPS) is 10.6. The van der Waals surface area contributed by atoms with E-state index in [0.29, 0.717) is 24.0 Å². The average molecular weight is 262 g/mol. The predicted octanol–water partition coefficient (Wildman–Crippen LogP) is 1.54. The summed E-state index contributed by atoms with van der Waals surface area (Å²) in [5.41, 5.74) is 1.41. The highest BCUT2D eigenvalue weighted by Crippen LogP contribution is 2.19. The third kappa shape index (κ3) is 3.27. The molecule has 2 N–H and O–H groups in total. The molecule has 0 spiro atoms. The van der Waals surface area contributed by atoms with Crippen molar-refractivity contribution in [2.24, 2.45) is 0 Å². The average Bonchev–Trinajstić information content (AvgIpc) is 2.75. The second-order valence-electron chi connectivity index (χ2n) is 4.23. The number of aromatic nitrogens is 2. The van der Waals surface area contributed by atoms with Gasteiger partial charge in [-0.1, -0.05) is 0 Å². The van der Waals surface area contributed by atoms with Gasteiger partial charge in [0.15, 0.2) is 0 Å². The lowest BCUT2D eigenvalue weighted by molar-refractivity contribution is -0.384. The van der Waals surface area contributed by atoms with Crippen molar-refractivity contribution in [3.63, 3.8) is 0 Å². The molecule has 100 valence electrons. The number of nitro benzene ring substituents is 1. The van der Waals surface area contributed by atoms with Crippen LogP contribution in [0.1, 0.15) is 19.2 Å². The first kappa shape index (κ1) is 13.0. The van der Waals surface area contributed by atoms with E-state index in [2.05, 4.69) is 15.3 Å². The zero-order chi connectivity index (χ0) is 13.8. The molecule has 1 heterocycles. The third-order valence-corrected chi connectivity index (χ3v) is 2.69. The highest BCUT2D eigenvalue weighted by Gasteiger charge is 2.09. The van der Waals surface area contributed by atoms with Crippen molar-refractivity contribution in [3.8, 4) is 0 Å². The quantitative estimate of drug-likeness (QED) is 0.484. The van der Waals surface area contributed by atoms with E-state index in [0.717, 1.165) is 12.2 Å². The Morgan fingerprint density at radius 1 is 1.53 bits per heavy atom. The number of fused-ring (bicyclic) bond motifs is 1. The highest BCUT2D eigenvalue weighted by molar-refractivity contribution is 5.77. The van der Waals surface area contributed by atoms with Crippen LogP contribution in [0.4, 0.5) is 5.69 Å². The first-order valence-electron chi connectivity index (χ1n) is 5.94. The summed E-state index contributed by atoms with van der Waals surface area (Å²) in [6.07, 6.45) is 1.45. The molecule has 2 rings (SSSR count). The molecule has 7 nitrogen and oxygen atoms in total. The lowest BCUT2D eigenvalue weighted by Gasteiger charge is -1.99. The number of rotatable bonds is 5. The Bertz CT molecular complexity index is 620. The van der Waals surface area contributed by atoms with E-state index in [-0.39, 0.29) is 11.6 Å². The van der Waals surface area contributed by atoms with Gasteiger partial charge in [-0.15, -0.1) is 0 Å². The molecule has 0 aliphatic rings. The summed E-state index contributed by atoms with van der Waals surface area (Å²) in [6, 6.07) is 4.53. The number of benzene rings is 1. The highest BCUT2D eigenvalue weighted by atomic mass is 16.6. The minimum Gasteiger partial charge on any atom is -0.356 e. The van der Waals surface area contributed by atoms with Crippen LogP contribution in [0.5, 0.6) is 0 Å². The smallest absolute Gasteiger partial charge is 0.271 e. The molecule has 7 heteroatoms. The number of hydrogen-bond acceptors (Lipinski definition) is 4. The fourth-order valence-corrected chi connectivity index (χ4v) is 1.80. The van der Waals surface area contributed by atoms with Crippen molar-refractivity contribution in [1.29, 1.82) is 0 Å². The molecule has 0 bridgehead atoms. The SMILES string of the molecule is CC(=O)NCCCc1nc2ccc([N+](=O)[O-])cc2[nH]1. The number of imidazole rings is 1. The monoisotopic (exact) mass is 262 g/mol. The lowest BCUT2D eigenvalue weighted by Crippen LogP contribution is -2.21. The molecule has 0 aliphatic carbocycles. The Balaban J connectivity index is 2.04. The first-order valence-corrected chi connectivity index (χ1v) is 5.94. The second-order valence-corrected chi connectivity index (χ2v) is 4.23. The van der Waals surface area contributed by atoms with Gasteiger partial charge in [-0.2, -0.15) is 0 Å². The Kier molecular flexibility index (Phi) is 3.74. The van der Waals surface area contributed by atoms with Gasteiger partial charge in [0.25, 0.3) is 5.69 Å². The zero-order valence-corrected chi connectivity index (χ0v) is 10.5. The fraction of sp³-hybridized carbons (Fsp3) is 0.333. The summed E-state index contributed by atoms with van der Waals surface area (Å²) in [5, 5.41) is 13.4. The van der Waals surface area contributed by atoms with E-state index >= 15 is 0 Å². The number of aryl methyl sites for hydroxylation is 1. The molecule has 1 amide bonds. The molecular formula is C12H14N4O3. The molecule has 0 unspecified atom stereocenters. The number of nitrogens with one attached hydrogen (secondary N) is 2. The number of amides is 1. The Hall–Kier alpha value is -2.44. The standard InChI is InChI=1S/C12H14N4O3/c1-8(17)13-6-2-3-12-14-10-5-4-9(16(18)19)7-11(10)15-12/h4-5,7H,2-3,6H2,1H3,(H,13,17)(H,14,15). The van der Waals surface area contributed by atoms with E-state index in [1.807, 2.05) is 0 Å². The van der Waals surface area contributed by atoms with Gasteiger partial charge in [0.05, 0.1) is 16.0 Å². The van der Waals surface area contributed by atoms with Crippen LogP contribution in [0.25, 0.3) is 11.0 Å². The van der Waals surface area contributed by atoms with Crippen LogP contribution in [-0.4, -0.2) is 27.3 Å². The summed E-state index contributed by atoms with van der Waals surface area (Å²) in [4.78, 5) is 28.3. The van der Waals surface area contributed by atoms with Crippen LogP contribution >= 0.6 is 0 Å². The largest absolute Gasteiger partial charge is 0.356 e. The minimum absolute atomic E-state index is 0.0425. The Labute approximate surface area is 109 Å². The molecule has 0 saturated heterocycles. The number of nitro groups is 1. The molecule has 0 saturated carbocycles. The van der Waals surface area contributed by atoms with Gasteiger partial charge >= 0.3 is 0 Å².